The molecule has 0 unspecified atom stereocenters. The third-order valence-corrected chi connectivity index (χ3v) is 8.32. The van der Waals surface area contributed by atoms with Crippen molar-refractivity contribution in [2.75, 3.05) is 40.4 Å². The van der Waals surface area contributed by atoms with Crippen molar-refractivity contribution < 1.29 is 28.9 Å². The van der Waals surface area contributed by atoms with Crippen molar-refractivity contribution in [3.63, 3.8) is 0 Å². The van der Waals surface area contributed by atoms with Crippen LogP contribution >= 0.6 is 11.6 Å². The minimum atomic E-state index is -0.250. The van der Waals surface area contributed by atoms with E-state index in [4.69, 9.17) is 35.7 Å². The van der Waals surface area contributed by atoms with E-state index in [1.54, 1.807) is 31.3 Å². The van der Waals surface area contributed by atoms with Gasteiger partial charge in [0.05, 0.1) is 23.8 Å². The van der Waals surface area contributed by atoms with Gasteiger partial charge in [-0.3, -0.25) is 19.5 Å². The summed E-state index contributed by atoms with van der Waals surface area (Å²) in [6.07, 6.45) is 3.22. The van der Waals surface area contributed by atoms with Gasteiger partial charge in [-0.1, -0.05) is 41.9 Å². The van der Waals surface area contributed by atoms with E-state index < -0.39 is 0 Å². The number of rotatable bonds is 10. The first-order valence-corrected chi connectivity index (χ1v) is 15.7. The van der Waals surface area contributed by atoms with Crippen LogP contribution in [-0.4, -0.2) is 72.7 Å². The van der Waals surface area contributed by atoms with Crippen molar-refractivity contribution >= 4 is 24.0 Å². The topological polar surface area (TPSA) is 125 Å². The normalized spacial score (nSPS) is 12.7. The second-order valence-electron chi connectivity index (χ2n) is 11.4. The minimum absolute atomic E-state index is 0.0229. The number of nitrogens with zero attached hydrogens (tertiary/aromatic N) is 4. The number of carbonyl (C=O) groups is 2. The maximum atomic E-state index is 12.8. The number of halogens is 1. The summed E-state index contributed by atoms with van der Waals surface area (Å²) in [7, 11) is 3.52. The van der Waals surface area contributed by atoms with Crippen LogP contribution in [0, 0.1) is 25.2 Å². The Bertz CT molecular complexity index is 1780. The monoisotopic (exact) mass is 670 g/mol. The van der Waals surface area contributed by atoms with Crippen molar-refractivity contribution in [3.05, 3.63) is 111 Å². The number of carbonyl (C=O) groups excluding carboxylic acids is 1. The van der Waals surface area contributed by atoms with E-state index in [-0.39, 0.29) is 19.0 Å². The molecule has 0 radical (unpaired) electrons. The number of nitriles is 1. The smallest absolute Gasteiger partial charge is 0.290 e. The first kappa shape index (κ1) is 35.9. The lowest BCUT2D eigenvalue weighted by Gasteiger charge is -2.27. The van der Waals surface area contributed by atoms with Gasteiger partial charge in [-0.15, -0.1) is 0 Å². The number of benzene rings is 3. The summed E-state index contributed by atoms with van der Waals surface area (Å²) < 4.78 is 18.1. The van der Waals surface area contributed by atoms with Crippen LogP contribution in [-0.2, 0) is 29.3 Å². The minimum Gasteiger partial charge on any atom is -0.488 e. The molecule has 1 saturated heterocycles. The summed E-state index contributed by atoms with van der Waals surface area (Å²) in [5.41, 5.74) is 7.97. The number of pyridine rings is 1. The SMILES string of the molecule is Cc1c(COc2cc(OCc3cncc(C#N)c3)c(CN3CCOCC3)cc2Cl)cccc1-c1cccc(C(=O)N(C)C)c1C.O=CO. The number of morpholine rings is 1. The highest BCUT2D eigenvalue weighted by atomic mass is 35.5. The summed E-state index contributed by atoms with van der Waals surface area (Å²) in [5, 5.41) is 16.7. The fraction of sp³-hybridized carbons (Fsp3) is 0.297. The number of amides is 1. The predicted molar refractivity (Wildman–Crippen MR) is 183 cm³/mol. The second-order valence-corrected chi connectivity index (χ2v) is 11.8. The number of hydrogen-bond donors (Lipinski definition) is 1. The molecule has 2 heterocycles. The predicted octanol–water partition coefficient (Wildman–Crippen LogP) is 6.28. The fourth-order valence-electron chi connectivity index (χ4n) is 5.42. The van der Waals surface area contributed by atoms with Gasteiger partial charge in [-0.25, -0.2) is 0 Å². The molecule has 3 aromatic carbocycles. The van der Waals surface area contributed by atoms with Crippen molar-refractivity contribution in [3.8, 4) is 28.7 Å². The maximum Gasteiger partial charge on any atom is 0.290 e. The van der Waals surface area contributed by atoms with Gasteiger partial charge in [0.2, 0.25) is 0 Å². The zero-order chi connectivity index (χ0) is 34.6. The standard InChI is InChI=1S/C36H37ClN4O4.CH2O2/c1-24-28(7-5-8-30(24)31-9-6-10-32(25(31)2)36(42)40(3)4)23-45-35-17-34(44-22-27-15-26(18-38)19-39-20-27)29(16-33(35)37)21-41-11-13-43-14-12-41;2-1-3/h5-10,15-17,19-20H,11-14,21-23H2,1-4H3;1H,(H,2,3). The molecule has 0 atom stereocenters. The first-order chi connectivity index (χ1) is 23.2. The molecule has 10 nitrogen and oxygen atoms in total. The maximum absolute atomic E-state index is 12.8. The summed E-state index contributed by atoms with van der Waals surface area (Å²) in [6.45, 7) is 8.03. The summed E-state index contributed by atoms with van der Waals surface area (Å²) in [6, 6.07) is 19.6. The van der Waals surface area contributed by atoms with Crippen molar-refractivity contribution in [1.82, 2.24) is 14.8 Å². The number of hydrogen-bond acceptors (Lipinski definition) is 8. The molecule has 1 N–H and O–H groups in total. The molecule has 48 heavy (non-hydrogen) atoms. The summed E-state index contributed by atoms with van der Waals surface area (Å²) in [5.74, 6) is 1.15. The quantitative estimate of drug-likeness (QED) is 0.194. The fourth-order valence-corrected chi connectivity index (χ4v) is 5.66. The lowest BCUT2D eigenvalue weighted by Crippen LogP contribution is -2.35. The van der Waals surface area contributed by atoms with Gasteiger partial charge >= 0.3 is 0 Å². The van der Waals surface area contributed by atoms with Crippen molar-refractivity contribution in [2.24, 2.45) is 0 Å². The van der Waals surface area contributed by atoms with Crippen LogP contribution < -0.4 is 9.47 Å². The van der Waals surface area contributed by atoms with Crippen LogP contribution in [0.15, 0.2) is 67.0 Å². The largest absolute Gasteiger partial charge is 0.488 e. The van der Waals surface area contributed by atoms with E-state index in [2.05, 4.69) is 28.9 Å². The average molecular weight is 671 g/mol. The van der Waals surface area contributed by atoms with E-state index in [9.17, 15) is 10.1 Å². The van der Waals surface area contributed by atoms with Gasteiger partial charge in [-0.05, 0) is 59.9 Å². The van der Waals surface area contributed by atoms with E-state index >= 15 is 0 Å². The zero-order valence-electron chi connectivity index (χ0n) is 27.5. The van der Waals surface area contributed by atoms with Gasteiger partial charge in [0, 0.05) is 68.9 Å². The Balaban J connectivity index is 0.00000167. The Kier molecular flexibility index (Phi) is 12.9. The lowest BCUT2D eigenvalue weighted by atomic mass is 9.91. The molecule has 250 valence electrons. The number of ether oxygens (including phenoxy) is 3. The average Bonchev–Trinajstić information content (AvgIpc) is 3.09. The second kappa shape index (κ2) is 17.3. The highest BCUT2D eigenvalue weighted by Crippen LogP contribution is 2.36. The highest BCUT2D eigenvalue weighted by molar-refractivity contribution is 6.32. The van der Waals surface area contributed by atoms with E-state index in [1.807, 2.05) is 49.4 Å². The van der Waals surface area contributed by atoms with Crippen LogP contribution in [0.3, 0.4) is 0 Å². The van der Waals surface area contributed by atoms with Crippen LogP contribution in [0.2, 0.25) is 5.02 Å². The molecule has 11 heteroatoms. The Morgan fingerprint density at radius 1 is 1.00 bits per heavy atom. The molecule has 0 saturated carbocycles. The lowest BCUT2D eigenvalue weighted by molar-refractivity contribution is -0.122. The molecule has 0 spiro atoms. The molecule has 4 aromatic rings. The molecular weight excluding hydrogens is 632 g/mol. The van der Waals surface area contributed by atoms with Crippen LogP contribution in [0.4, 0.5) is 0 Å². The van der Waals surface area contributed by atoms with Gasteiger partial charge in [0.1, 0.15) is 30.8 Å². The third kappa shape index (κ3) is 9.10. The molecule has 5 rings (SSSR count). The Hall–Kier alpha value is -4.95. The highest BCUT2D eigenvalue weighted by Gasteiger charge is 2.19. The van der Waals surface area contributed by atoms with Crippen molar-refractivity contribution in [2.45, 2.75) is 33.6 Å². The van der Waals surface area contributed by atoms with Crippen LogP contribution in [0.25, 0.3) is 11.1 Å². The van der Waals surface area contributed by atoms with E-state index in [0.717, 1.165) is 52.0 Å². The van der Waals surface area contributed by atoms with E-state index in [0.29, 0.717) is 54.0 Å². The first-order valence-electron chi connectivity index (χ1n) is 15.4. The number of aromatic nitrogens is 1. The Morgan fingerprint density at radius 2 is 1.67 bits per heavy atom. The summed E-state index contributed by atoms with van der Waals surface area (Å²) in [4.78, 5) is 29.2. The van der Waals surface area contributed by atoms with Gasteiger partial charge in [-0.2, -0.15) is 5.26 Å². The molecule has 0 bridgehead atoms. The molecule has 1 aromatic heterocycles. The third-order valence-electron chi connectivity index (χ3n) is 8.02. The molecule has 1 amide bonds. The molecule has 1 aliphatic rings. The zero-order valence-corrected chi connectivity index (χ0v) is 28.3. The molecule has 1 fully saturated rings. The summed E-state index contributed by atoms with van der Waals surface area (Å²) >= 11 is 6.80. The Labute approximate surface area is 286 Å². The van der Waals surface area contributed by atoms with Crippen molar-refractivity contribution in [1.29, 1.82) is 5.26 Å². The van der Waals surface area contributed by atoms with Crippen LogP contribution in [0.1, 0.15) is 43.7 Å². The van der Waals surface area contributed by atoms with E-state index in [1.165, 1.54) is 6.20 Å². The van der Waals surface area contributed by atoms with Crippen LogP contribution in [0.5, 0.6) is 11.5 Å². The Morgan fingerprint density at radius 3 is 2.35 bits per heavy atom. The van der Waals surface area contributed by atoms with Gasteiger partial charge < -0.3 is 24.2 Å². The molecule has 1 aliphatic heterocycles. The van der Waals surface area contributed by atoms with Gasteiger partial charge in [0.25, 0.3) is 12.4 Å². The molecular formula is C37H39ClN4O6. The number of carboxylic acid groups (broad SMARTS) is 1. The molecule has 0 aliphatic carbocycles. The van der Waals surface area contributed by atoms with Gasteiger partial charge in [0.15, 0.2) is 0 Å².